The van der Waals surface area contributed by atoms with E-state index in [0.717, 1.165) is 26.1 Å². The summed E-state index contributed by atoms with van der Waals surface area (Å²) in [5.74, 6) is 0.664. The molecule has 0 spiro atoms. The summed E-state index contributed by atoms with van der Waals surface area (Å²) >= 11 is 0. The Kier molecular flexibility index (Phi) is 5.37. The van der Waals surface area contributed by atoms with Gasteiger partial charge in [0.1, 0.15) is 0 Å². The van der Waals surface area contributed by atoms with Gasteiger partial charge in [0.15, 0.2) is 0 Å². The van der Waals surface area contributed by atoms with Crippen molar-refractivity contribution in [2.75, 3.05) is 19.8 Å². The van der Waals surface area contributed by atoms with Gasteiger partial charge >= 0.3 is 0 Å². The molecule has 19 heavy (non-hydrogen) atoms. The second-order valence-corrected chi connectivity index (χ2v) is 5.84. The van der Waals surface area contributed by atoms with Crippen LogP contribution in [0, 0.1) is 5.92 Å². The molecule has 0 amide bonds. The molecule has 1 aromatic carbocycles. The monoisotopic (exact) mass is 263 g/mol. The normalized spacial score (nSPS) is 24.8. The highest BCUT2D eigenvalue weighted by Gasteiger charge is 2.28. The molecule has 1 aromatic rings. The molecule has 3 nitrogen and oxygen atoms in total. The number of hydrogen-bond donors (Lipinski definition) is 1. The molecule has 3 heteroatoms. The molecule has 0 bridgehead atoms. The summed E-state index contributed by atoms with van der Waals surface area (Å²) in [5.41, 5.74) is 1.33. The summed E-state index contributed by atoms with van der Waals surface area (Å²) < 4.78 is 5.72. The van der Waals surface area contributed by atoms with Crippen molar-refractivity contribution in [3.05, 3.63) is 35.9 Å². The van der Waals surface area contributed by atoms with Crippen LogP contribution >= 0.6 is 0 Å². The van der Waals surface area contributed by atoms with Gasteiger partial charge in [0, 0.05) is 19.1 Å². The van der Waals surface area contributed by atoms with E-state index in [1.165, 1.54) is 5.56 Å². The summed E-state index contributed by atoms with van der Waals surface area (Å²) in [6, 6.07) is 11.0. The largest absolute Gasteiger partial charge is 0.394 e. The van der Waals surface area contributed by atoms with Gasteiger partial charge in [-0.05, 0) is 17.9 Å². The smallest absolute Gasteiger partial charge is 0.0933 e. The first-order valence-corrected chi connectivity index (χ1v) is 7.19. The highest BCUT2D eigenvalue weighted by molar-refractivity contribution is 5.14. The quantitative estimate of drug-likeness (QED) is 0.885. The van der Waals surface area contributed by atoms with Crippen molar-refractivity contribution in [1.29, 1.82) is 0 Å². The molecule has 0 aliphatic carbocycles. The van der Waals surface area contributed by atoms with Crippen LogP contribution in [0.1, 0.15) is 25.8 Å². The van der Waals surface area contributed by atoms with E-state index >= 15 is 0 Å². The summed E-state index contributed by atoms with van der Waals surface area (Å²) in [5, 5.41) is 9.29. The topological polar surface area (TPSA) is 32.7 Å². The molecule has 2 rings (SSSR count). The van der Waals surface area contributed by atoms with Crippen LogP contribution in [0.15, 0.2) is 30.3 Å². The van der Waals surface area contributed by atoms with Gasteiger partial charge < -0.3 is 9.84 Å². The first-order valence-electron chi connectivity index (χ1n) is 7.19. The zero-order valence-electron chi connectivity index (χ0n) is 12.0. The minimum Gasteiger partial charge on any atom is -0.394 e. The summed E-state index contributed by atoms with van der Waals surface area (Å²) in [4.78, 5) is 2.46. The molecule has 1 N–H and O–H groups in total. The Balaban J connectivity index is 2.02. The SMILES string of the molecule is CC(C)CC1COC(CO)CN1Cc1ccccc1. The van der Waals surface area contributed by atoms with Crippen LogP contribution < -0.4 is 0 Å². The van der Waals surface area contributed by atoms with Crippen molar-refractivity contribution in [2.24, 2.45) is 5.92 Å². The van der Waals surface area contributed by atoms with Gasteiger partial charge in [-0.15, -0.1) is 0 Å². The number of benzene rings is 1. The van der Waals surface area contributed by atoms with Crippen LogP contribution in [0.3, 0.4) is 0 Å². The van der Waals surface area contributed by atoms with Crippen LogP contribution in [-0.2, 0) is 11.3 Å². The number of ether oxygens (including phenoxy) is 1. The third kappa shape index (κ3) is 4.30. The fraction of sp³-hybridized carbons (Fsp3) is 0.625. The molecule has 2 atom stereocenters. The molecule has 2 unspecified atom stereocenters. The van der Waals surface area contributed by atoms with E-state index in [0.29, 0.717) is 12.0 Å². The maximum atomic E-state index is 9.29. The number of aliphatic hydroxyl groups excluding tert-OH is 1. The minimum atomic E-state index is -0.0351. The Morgan fingerprint density at radius 1 is 1.32 bits per heavy atom. The van der Waals surface area contributed by atoms with Crippen molar-refractivity contribution >= 4 is 0 Å². The molecule has 1 aliphatic heterocycles. The Morgan fingerprint density at radius 2 is 2.05 bits per heavy atom. The Hall–Kier alpha value is -0.900. The van der Waals surface area contributed by atoms with E-state index in [2.05, 4.69) is 43.0 Å². The number of hydrogen-bond acceptors (Lipinski definition) is 3. The third-order valence-electron chi connectivity index (χ3n) is 3.65. The Bertz CT molecular complexity index is 366. The number of nitrogens with zero attached hydrogens (tertiary/aromatic N) is 1. The molecule has 0 saturated carbocycles. The summed E-state index contributed by atoms with van der Waals surface area (Å²) in [6.07, 6.45) is 1.11. The van der Waals surface area contributed by atoms with Gasteiger partial charge in [-0.2, -0.15) is 0 Å². The molecular formula is C16H25NO2. The zero-order chi connectivity index (χ0) is 13.7. The Morgan fingerprint density at radius 3 is 2.68 bits per heavy atom. The van der Waals surface area contributed by atoms with Crippen LogP contribution in [0.4, 0.5) is 0 Å². The van der Waals surface area contributed by atoms with Gasteiger partial charge in [0.05, 0.1) is 19.3 Å². The average molecular weight is 263 g/mol. The lowest BCUT2D eigenvalue weighted by Gasteiger charge is -2.40. The molecule has 1 fully saturated rings. The Labute approximate surface area is 116 Å². The van der Waals surface area contributed by atoms with E-state index in [4.69, 9.17) is 4.74 Å². The van der Waals surface area contributed by atoms with Crippen LogP contribution in [-0.4, -0.2) is 41.9 Å². The van der Waals surface area contributed by atoms with Gasteiger partial charge in [-0.25, -0.2) is 0 Å². The number of aliphatic hydroxyl groups is 1. The first-order chi connectivity index (χ1) is 9.19. The lowest BCUT2D eigenvalue weighted by atomic mass is 10.0. The first kappa shape index (κ1) is 14.5. The predicted octanol–water partition coefficient (Wildman–Crippen LogP) is 2.29. The van der Waals surface area contributed by atoms with Gasteiger partial charge in [-0.1, -0.05) is 44.2 Å². The molecule has 1 heterocycles. The molecule has 0 radical (unpaired) electrons. The lowest BCUT2D eigenvalue weighted by Crippen LogP contribution is -2.50. The number of morpholine rings is 1. The van der Waals surface area contributed by atoms with Gasteiger partial charge in [0.25, 0.3) is 0 Å². The second-order valence-electron chi connectivity index (χ2n) is 5.84. The molecule has 1 aliphatic rings. The molecule has 106 valence electrons. The van der Waals surface area contributed by atoms with E-state index < -0.39 is 0 Å². The lowest BCUT2D eigenvalue weighted by molar-refractivity contribution is -0.0892. The van der Waals surface area contributed by atoms with Crippen molar-refractivity contribution in [2.45, 2.75) is 39.0 Å². The van der Waals surface area contributed by atoms with Gasteiger partial charge in [0.2, 0.25) is 0 Å². The molecular weight excluding hydrogens is 238 g/mol. The minimum absolute atomic E-state index is 0.0351. The van der Waals surface area contributed by atoms with Crippen molar-refractivity contribution < 1.29 is 9.84 Å². The highest BCUT2D eigenvalue weighted by Crippen LogP contribution is 2.20. The average Bonchev–Trinajstić information content (AvgIpc) is 2.41. The fourth-order valence-electron chi connectivity index (χ4n) is 2.70. The van der Waals surface area contributed by atoms with Gasteiger partial charge in [-0.3, -0.25) is 4.90 Å². The van der Waals surface area contributed by atoms with Crippen molar-refractivity contribution in [3.8, 4) is 0 Å². The highest BCUT2D eigenvalue weighted by atomic mass is 16.5. The molecule has 0 aromatic heterocycles. The molecule has 1 saturated heterocycles. The maximum absolute atomic E-state index is 9.29. The van der Waals surface area contributed by atoms with E-state index in [1.54, 1.807) is 0 Å². The number of rotatable bonds is 5. The van der Waals surface area contributed by atoms with Crippen LogP contribution in [0.25, 0.3) is 0 Å². The second kappa shape index (κ2) is 7.04. The van der Waals surface area contributed by atoms with Crippen LogP contribution in [0.2, 0.25) is 0 Å². The zero-order valence-corrected chi connectivity index (χ0v) is 12.0. The fourth-order valence-corrected chi connectivity index (χ4v) is 2.70. The van der Waals surface area contributed by atoms with Crippen LogP contribution in [0.5, 0.6) is 0 Å². The summed E-state index contributed by atoms with van der Waals surface area (Å²) in [7, 11) is 0. The van der Waals surface area contributed by atoms with Crippen molar-refractivity contribution in [3.63, 3.8) is 0 Å². The van der Waals surface area contributed by atoms with Crippen molar-refractivity contribution in [1.82, 2.24) is 4.90 Å². The van der Waals surface area contributed by atoms with E-state index in [9.17, 15) is 5.11 Å². The third-order valence-corrected chi connectivity index (χ3v) is 3.65. The predicted molar refractivity (Wildman–Crippen MR) is 76.9 cm³/mol. The standard InChI is InChI=1S/C16H25NO2/c1-13(2)8-15-12-19-16(11-18)10-17(15)9-14-6-4-3-5-7-14/h3-7,13,15-16,18H,8-12H2,1-2H3. The van der Waals surface area contributed by atoms with E-state index in [1.807, 2.05) is 6.07 Å². The summed E-state index contributed by atoms with van der Waals surface area (Å²) in [6.45, 7) is 7.11. The maximum Gasteiger partial charge on any atom is 0.0933 e. The van der Waals surface area contributed by atoms with E-state index in [-0.39, 0.29) is 12.7 Å².